The monoisotopic (exact) mass is 500 g/mol. The van der Waals surface area contributed by atoms with Gasteiger partial charge in [0.1, 0.15) is 17.0 Å². The molecule has 192 valence electrons. The van der Waals surface area contributed by atoms with Crippen molar-refractivity contribution in [3.8, 4) is 17.1 Å². The van der Waals surface area contributed by atoms with Crippen molar-refractivity contribution in [1.82, 2.24) is 9.55 Å². The van der Waals surface area contributed by atoms with Crippen molar-refractivity contribution in [2.45, 2.75) is 65.7 Å². The molecule has 2 heterocycles. The van der Waals surface area contributed by atoms with E-state index in [1.54, 1.807) is 0 Å². The first-order chi connectivity index (χ1) is 18.2. The summed E-state index contributed by atoms with van der Waals surface area (Å²) in [6.07, 6.45) is 0. The second-order valence-corrected chi connectivity index (χ2v) is 12.1. The molecule has 2 aromatic heterocycles. The Labute approximate surface area is 225 Å². The van der Waals surface area contributed by atoms with Crippen LogP contribution in [0.2, 0.25) is 0 Å². The maximum atomic E-state index is 6.52. The normalized spacial score (nSPS) is 12.6. The van der Waals surface area contributed by atoms with Crippen LogP contribution in [-0.4, -0.2) is 9.55 Å². The summed E-state index contributed by atoms with van der Waals surface area (Å²) in [5.41, 5.74) is 10.1. The van der Waals surface area contributed by atoms with Gasteiger partial charge in [0.2, 0.25) is 0 Å². The summed E-state index contributed by atoms with van der Waals surface area (Å²) in [5.74, 6) is 1.65. The number of fused-ring (bicyclic) bond motifs is 4. The highest BCUT2D eigenvalue weighted by molar-refractivity contribution is 6.09. The van der Waals surface area contributed by atoms with Crippen LogP contribution in [0, 0.1) is 0 Å². The molecule has 0 bridgehead atoms. The highest BCUT2D eigenvalue weighted by atomic mass is 16.3. The van der Waals surface area contributed by atoms with Gasteiger partial charge in [0, 0.05) is 10.8 Å². The van der Waals surface area contributed by atoms with Crippen molar-refractivity contribution in [1.29, 1.82) is 0 Å². The molecule has 0 fully saturated rings. The molecule has 0 saturated carbocycles. The van der Waals surface area contributed by atoms with E-state index in [1.807, 2.05) is 12.1 Å². The van der Waals surface area contributed by atoms with Gasteiger partial charge in [0.15, 0.2) is 0 Å². The van der Waals surface area contributed by atoms with Gasteiger partial charge in [-0.15, -0.1) is 0 Å². The minimum Gasteiger partial charge on any atom is -0.455 e. The summed E-state index contributed by atoms with van der Waals surface area (Å²) >= 11 is 0. The molecular weight excluding hydrogens is 464 g/mol. The molecule has 38 heavy (non-hydrogen) atoms. The van der Waals surface area contributed by atoms with Gasteiger partial charge < -0.3 is 4.42 Å². The zero-order chi connectivity index (χ0) is 26.8. The van der Waals surface area contributed by atoms with Gasteiger partial charge in [-0.25, -0.2) is 4.98 Å². The number of aromatic nitrogens is 2. The second kappa shape index (κ2) is 8.87. The molecule has 0 radical (unpaired) electrons. The molecule has 6 rings (SSSR count). The average molecular weight is 501 g/mol. The lowest BCUT2D eigenvalue weighted by atomic mass is 9.85. The van der Waals surface area contributed by atoms with E-state index in [0.717, 1.165) is 38.8 Å². The topological polar surface area (TPSA) is 31.0 Å². The van der Waals surface area contributed by atoms with Crippen molar-refractivity contribution in [3.05, 3.63) is 95.6 Å². The molecule has 0 atom stereocenters. The fourth-order valence-corrected chi connectivity index (χ4v) is 5.82. The lowest BCUT2D eigenvalue weighted by Crippen LogP contribution is -2.15. The van der Waals surface area contributed by atoms with Gasteiger partial charge in [-0.05, 0) is 52.1 Å². The number of imidazole rings is 1. The number of nitrogens with zero attached hydrogens (tertiary/aromatic N) is 2. The average Bonchev–Trinajstić information content (AvgIpc) is 3.46. The van der Waals surface area contributed by atoms with Crippen LogP contribution in [0.3, 0.4) is 0 Å². The Kier molecular flexibility index (Phi) is 5.72. The fraction of sp³-hybridized carbons (Fsp3) is 0.286. The summed E-state index contributed by atoms with van der Waals surface area (Å²) in [6.45, 7) is 16.0. The quantitative estimate of drug-likeness (QED) is 0.241. The van der Waals surface area contributed by atoms with Crippen molar-refractivity contribution in [3.63, 3.8) is 0 Å². The molecule has 0 unspecified atom stereocenters. The van der Waals surface area contributed by atoms with E-state index in [2.05, 4.69) is 120 Å². The van der Waals surface area contributed by atoms with Gasteiger partial charge in [-0.3, -0.25) is 4.57 Å². The summed E-state index contributed by atoms with van der Waals surface area (Å²) in [6, 6.07) is 28.0. The van der Waals surface area contributed by atoms with E-state index in [1.165, 1.54) is 27.9 Å². The van der Waals surface area contributed by atoms with E-state index in [0.29, 0.717) is 11.8 Å². The van der Waals surface area contributed by atoms with E-state index in [9.17, 15) is 0 Å². The molecule has 0 aliphatic rings. The lowest BCUT2D eigenvalue weighted by molar-refractivity contribution is 0.593. The minimum absolute atomic E-state index is 0.0509. The van der Waals surface area contributed by atoms with Gasteiger partial charge in [-0.2, -0.15) is 0 Å². The van der Waals surface area contributed by atoms with Crippen LogP contribution in [0.5, 0.6) is 0 Å². The van der Waals surface area contributed by atoms with Crippen LogP contribution >= 0.6 is 0 Å². The molecule has 0 aliphatic heterocycles. The lowest BCUT2D eigenvalue weighted by Gasteiger charge is -2.26. The van der Waals surface area contributed by atoms with Crippen LogP contribution in [-0.2, 0) is 5.41 Å². The number of hydrogen-bond acceptors (Lipinski definition) is 2. The number of rotatable bonds is 4. The summed E-state index contributed by atoms with van der Waals surface area (Å²) in [4.78, 5) is 5.36. The van der Waals surface area contributed by atoms with Gasteiger partial charge in [0.25, 0.3) is 0 Å². The predicted molar refractivity (Wildman–Crippen MR) is 161 cm³/mol. The third kappa shape index (κ3) is 3.75. The molecule has 6 aromatic rings. The molecule has 3 nitrogen and oxygen atoms in total. The Balaban J connectivity index is 1.83. The van der Waals surface area contributed by atoms with Crippen LogP contribution in [0.4, 0.5) is 0 Å². The van der Waals surface area contributed by atoms with Crippen LogP contribution in [0.1, 0.15) is 77.0 Å². The minimum atomic E-state index is -0.0509. The van der Waals surface area contributed by atoms with Crippen molar-refractivity contribution >= 4 is 33.0 Å². The van der Waals surface area contributed by atoms with Crippen LogP contribution in [0.15, 0.2) is 83.3 Å². The third-order valence-corrected chi connectivity index (χ3v) is 7.70. The van der Waals surface area contributed by atoms with E-state index in [-0.39, 0.29) is 5.41 Å². The first kappa shape index (κ1) is 24.5. The van der Waals surface area contributed by atoms with Gasteiger partial charge >= 0.3 is 0 Å². The first-order valence-corrected chi connectivity index (χ1v) is 13.7. The Hall–Kier alpha value is -3.85. The van der Waals surface area contributed by atoms with Crippen LogP contribution < -0.4 is 0 Å². The van der Waals surface area contributed by atoms with E-state index < -0.39 is 0 Å². The molecular formula is C35H36N2O. The molecule has 0 amide bonds. The number of hydrogen-bond donors (Lipinski definition) is 0. The fourth-order valence-electron chi connectivity index (χ4n) is 5.82. The van der Waals surface area contributed by atoms with Gasteiger partial charge in [-0.1, -0.05) is 109 Å². The summed E-state index contributed by atoms with van der Waals surface area (Å²) in [5, 5.41) is 2.25. The maximum Gasteiger partial charge on any atom is 0.149 e. The van der Waals surface area contributed by atoms with Crippen LogP contribution in [0.25, 0.3) is 50.0 Å². The van der Waals surface area contributed by atoms with E-state index >= 15 is 0 Å². The second-order valence-electron chi connectivity index (χ2n) is 12.1. The third-order valence-electron chi connectivity index (χ3n) is 7.70. The SMILES string of the molecule is CC(C)c1cccc(C(C)C)c1-n1c(-c2cccc3c2oc2ccccc23)nc2cccc(C(C)(C)C)c21. The molecule has 0 aliphatic carbocycles. The number of benzene rings is 4. The Morgan fingerprint density at radius 1 is 0.711 bits per heavy atom. The Bertz CT molecular complexity index is 1780. The van der Waals surface area contributed by atoms with E-state index in [4.69, 9.17) is 9.40 Å². The van der Waals surface area contributed by atoms with Crippen molar-refractivity contribution in [2.75, 3.05) is 0 Å². The summed E-state index contributed by atoms with van der Waals surface area (Å²) < 4.78 is 8.97. The molecule has 0 spiro atoms. The number of para-hydroxylation sites is 4. The van der Waals surface area contributed by atoms with Gasteiger partial charge in [0.05, 0.1) is 22.3 Å². The van der Waals surface area contributed by atoms with Crippen molar-refractivity contribution < 1.29 is 4.42 Å². The standard InChI is InChI=1S/C35H36N2O/c1-21(2)23-14-10-15-24(22(3)4)31(23)37-32-28(35(5,6)7)18-12-19-29(32)36-34(37)27-17-11-16-26-25-13-8-9-20-30(25)38-33(26)27/h8-22H,1-7H3. The largest absolute Gasteiger partial charge is 0.455 e. The number of furan rings is 1. The predicted octanol–water partition coefficient (Wildman–Crippen LogP) is 10.1. The molecule has 4 aromatic carbocycles. The highest BCUT2D eigenvalue weighted by Gasteiger charge is 2.28. The first-order valence-electron chi connectivity index (χ1n) is 13.7. The zero-order valence-electron chi connectivity index (χ0n) is 23.5. The summed E-state index contributed by atoms with van der Waals surface area (Å²) in [7, 11) is 0. The molecule has 3 heteroatoms. The van der Waals surface area contributed by atoms with Crippen molar-refractivity contribution in [2.24, 2.45) is 0 Å². The highest BCUT2D eigenvalue weighted by Crippen LogP contribution is 2.42. The Morgan fingerprint density at radius 3 is 2.03 bits per heavy atom. The zero-order valence-corrected chi connectivity index (χ0v) is 23.5. The Morgan fingerprint density at radius 2 is 1.34 bits per heavy atom. The smallest absolute Gasteiger partial charge is 0.149 e. The molecule has 0 N–H and O–H groups in total. The molecule has 0 saturated heterocycles. The maximum absolute atomic E-state index is 6.52.